The average Bonchev–Trinajstić information content (AvgIpc) is 2.76. The minimum atomic E-state index is -0.854. The van der Waals surface area contributed by atoms with Crippen molar-refractivity contribution in [2.75, 3.05) is 25.2 Å². The molecule has 2 aromatic carbocycles. The summed E-state index contributed by atoms with van der Waals surface area (Å²) in [6, 6.07) is 8.25. The summed E-state index contributed by atoms with van der Waals surface area (Å²) < 4.78 is 15.2. The van der Waals surface area contributed by atoms with Crippen LogP contribution in [0.25, 0.3) is 0 Å². The number of methoxy groups -OCH3 is 1. The molecule has 0 bridgehead atoms. The summed E-state index contributed by atoms with van der Waals surface area (Å²) in [5, 5.41) is 0.320. The van der Waals surface area contributed by atoms with E-state index in [-0.39, 0.29) is 24.7 Å². The van der Waals surface area contributed by atoms with Gasteiger partial charge in [-0.05, 0) is 60.7 Å². The maximum absolute atomic E-state index is 13.1. The Hall–Kier alpha value is -3.03. The number of hydrogen-bond donors (Lipinski definition) is 1. The number of anilines is 1. The van der Waals surface area contributed by atoms with Crippen LogP contribution in [0.4, 0.5) is 10.5 Å². The summed E-state index contributed by atoms with van der Waals surface area (Å²) in [6.45, 7) is 5.95. The molecule has 32 heavy (non-hydrogen) atoms. The number of halogens is 1. The highest BCUT2D eigenvalue weighted by atomic mass is 35.5. The van der Waals surface area contributed by atoms with E-state index in [9.17, 15) is 9.59 Å². The van der Waals surface area contributed by atoms with Crippen LogP contribution in [0.2, 0.25) is 5.02 Å². The van der Waals surface area contributed by atoms with Gasteiger partial charge < -0.3 is 24.8 Å². The predicted octanol–water partition coefficient (Wildman–Crippen LogP) is 4.73. The van der Waals surface area contributed by atoms with Gasteiger partial charge in [-0.2, -0.15) is 0 Å². The van der Waals surface area contributed by atoms with Gasteiger partial charge in [-0.1, -0.05) is 24.3 Å². The van der Waals surface area contributed by atoms with Crippen molar-refractivity contribution in [2.45, 2.75) is 32.2 Å². The zero-order valence-electron chi connectivity index (χ0n) is 18.2. The Balaban J connectivity index is 1.73. The molecule has 0 aromatic heterocycles. The van der Waals surface area contributed by atoms with E-state index >= 15 is 0 Å². The summed E-state index contributed by atoms with van der Waals surface area (Å²) >= 11 is 6.43. The topological polar surface area (TPSA) is 91.1 Å². The highest BCUT2D eigenvalue weighted by Gasteiger charge is 2.26. The van der Waals surface area contributed by atoms with Crippen LogP contribution < -0.4 is 20.1 Å². The second kappa shape index (κ2) is 10.5. The molecule has 7 nitrogen and oxygen atoms in total. The first kappa shape index (κ1) is 23.6. The van der Waals surface area contributed by atoms with Crippen molar-refractivity contribution in [3.05, 3.63) is 64.7 Å². The molecule has 3 rings (SSSR count). The van der Waals surface area contributed by atoms with Gasteiger partial charge in [0.2, 0.25) is 5.91 Å². The molecule has 1 amide bonds. The van der Waals surface area contributed by atoms with E-state index in [0.29, 0.717) is 22.7 Å². The number of carbonyl (C=O) groups is 2. The third kappa shape index (κ3) is 5.41. The first-order valence-corrected chi connectivity index (χ1v) is 10.7. The number of aryl methyl sites for hydroxylation is 2. The highest BCUT2D eigenvalue weighted by molar-refractivity contribution is 6.31. The predicted molar refractivity (Wildman–Crippen MR) is 124 cm³/mol. The van der Waals surface area contributed by atoms with Gasteiger partial charge in [0, 0.05) is 35.8 Å². The van der Waals surface area contributed by atoms with Crippen LogP contribution in [0, 0.1) is 6.92 Å². The molecule has 1 aliphatic heterocycles. The van der Waals surface area contributed by atoms with Crippen molar-refractivity contribution >= 4 is 29.4 Å². The number of nitrogens with zero attached hydrogens (tertiary/aromatic N) is 1. The Morgan fingerprint density at radius 2 is 2.06 bits per heavy atom. The summed E-state index contributed by atoms with van der Waals surface area (Å²) in [6.07, 6.45) is 2.44. The van der Waals surface area contributed by atoms with Crippen LogP contribution in [-0.4, -0.2) is 32.3 Å². The number of ether oxygens (including phenoxy) is 3. The fourth-order valence-electron chi connectivity index (χ4n) is 3.86. The molecule has 0 fully saturated rings. The number of fused-ring (bicyclic) bond motifs is 1. The second-order valence-corrected chi connectivity index (χ2v) is 7.95. The molecule has 0 aliphatic carbocycles. The molecule has 0 saturated heterocycles. The average molecular weight is 459 g/mol. The van der Waals surface area contributed by atoms with E-state index in [4.69, 9.17) is 31.5 Å². The van der Waals surface area contributed by atoms with E-state index in [1.165, 1.54) is 12.1 Å². The molecular formula is C24H27ClN2O5. The van der Waals surface area contributed by atoms with Gasteiger partial charge in [0.15, 0.2) is 0 Å². The maximum atomic E-state index is 13.1. The molecule has 2 N–H and O–H groups in total. The SMILES string of the molecule is C=CCOC(=O)Oc1cc(C)c(C(N)CC(=O)N2CCCc3cc(OC)ccc32)c(Cl)c1. The molecule has 1 aliphatic rings. The summed E-state index contributed by atoms with van der Waals surface area (Å²) in [5.74, 6) is 0.933. The molecule has 0 radical (unpaired) electrons. The Morgan fingerprint density at radius 1 is 1.28 bits per heavy atom. The highest BCUT2D eigenvalue weighted by Crippen LogP contribution is 2.34. The third-order valence-electron chi connectivity index (χ3n) is 5.30. The fourth-order valence-corrected chi connectivity index (χ4v) is 4.26. The van der Waals surface area contributed by atoms with Gasteiger partial charge in [-0.3, -0.25) is 4.79 Å². The zero-order chi connectivity index (χ0) is 23.3. The summed E-state index contributed by atoms with van der Waals surface area (Å²) in [4.78, 5) is 26.5. The standard InChI is InChI=1S/C24H27ClN2O5/c1-4-10-31-24(29)32-18-11-15(2)23(19(25)13-18)20(26)14-22(28)27-9-5-6-16-12-17(30-3)7-8-21(16)27/h4,7-8,11-13,20H,1,5-6,9-10,14,26H2,2-3H3. The summed E-state index contributed by atoms with van der Waals surface area (Å²) in [5.41, 5.74) is 9.71. The van der Waals surface area contributed by atoms with Crippen LogP contribution >= 0.6 is 11.6 Å². The van der Waals surface area contributed by atoms with Gasteiger partial charge in [0.25, 0.3) is 0 Å². The minimum Gasteiger partial charge on any atom is -0.497 e. The van der Waals surface area contributed by atoms with Crippen LogP contribution in [0.3, 0.4) is 0 Å². The van der Waals surface area contributed by atoms with Gasteiger partial charge in [0.1, 0.15) is 18.1 Å². The van der Waals surface area contributed by atoms with Crippen LogP contribution in [0.5, 0.6) is 11.5 Å². The number of hydrogen-bond acceptors (Lipinski definition) is 6. The van der Waals surface area contributed by atoms with E-state index in [1.54, 1.807) is 25.0 Å². The lowest BCUT2D eigenvalue weighted by Gasteiger charge is -2.31. The first-order valence-electron chi connectivity index (χ1n) is 10.3. The Morgan fingerprint density at radius 3 is 2.75 bits per heavy atom. The molecule has 0 spiro atoms. The molecule has 8 heteroatoms. The van der Waals surface area contributed by atoms with Crippen LogP contribution in [0.1, 0.15) is 35.6 Å². The Kier molecular flexibility index (Phi) is 7.77. The first-order chi connectivity index (χ1) is 15.3. The number of rotatable bonds is 7. The molecular weight excluding hydrogens is 432 g/mol. The van der Waals surface area contributed by atoms with Crippen molar-refractivity contribution in [2.24, 2.45) is 5.73 Å². The van der Waals surface area contributed by atoms with Crippen LogP contribution in [0.15, 0.2) is 43.0 Å². The quantitative estimate of drug-likeness (QED) is 0.366. The van der Waals surface area contributed by atoms with Crippen molar-refractivity contribution in [1.82, 2.24) is 0 Å². The Bertz CT molecular complexity index is 1000. The van der Waals surface area contributed by atoms with Gasteiger partial charge in [-0.15, -0.1) is 0 Å². The molecule has 1 unspecified atom stereocenters. The van der Waals surface area contributed by atoms with Gasteiger partial charge in [-0.25, -0.2) is 4.79 Å². The third-order valence-corrected chi connectivity index (χ3v) is 5.61. The van der Waals surface area contributed by atoms with Crippen molar-refractivity contribution in [1.29, 1.82) is 0 Å². The maximum Gasteiger partial charge on any atom is 0.514 e. The smallest absolute Gasteiger partial charge is 0.497 e. The second-order valence-electron chi connectivity index (χ2n) is 7.54. The number of carbonyl (C=O) groups excluding carboxylic acids is 2. The van der Waals surface area contributed by atoms with E-state index in [0.717, 1.165) is 29.8 Å². The van der Waals surface area contributed by atoms with Crippen molar-refractivity contribution < 1.29 is 23.8 Å². The van der Waals surface area contributed by atoms with E-state index < -0.39 is 12.2 Å². The lowest BCUT2D eigenvalue weighted by molar-refractivity contribution is -0.119. The summed E-state index contributed by atoms with van der Waals surface area (Å²) in [7, 11) is 1.62. The molecule has 170 valence electrons. The number of nitrogens with two attached hydrogens (primary N) is 1. The lowest BCUT2D eigenvalue weighted by atomic mass is 9.96. The van der Waals surface area contributed by atoms with Crippen molar-refractivity contribution in [3.8, 4) is 11.5 Å². The zero-order valence-corrected chi connectivity index (χ0v) is 19.0. The monoisotopic (exact) mass is 458 g/mol. The van der Waals surface area contributed by atoms with Gasteiger partial charge >= 0.3 is 6.16 Å². The molecule has 1 atom stereocenters. The van der Waals surface area contributed by atoms with E-state index in [1.807, 2.05) is 18.2 Å². The minimum absolute atomic E-state index is 0.0447. The van der Waals surface area contributed by atoms with Crippen molar-refractivity contribution in [3.63, 3.8) is 0 Å². The number of benzene rings is 2. The lowest BCUT2D eigenvalue weighted by Crippen LogP contribution is -2.37. The molecule has 2 aromatic rings. The Labute approximate surface area is 192 Å². The normalized spacial score (nSPS) is 13.7. The molecule has 0 saturated carbocycles. The van der Waals surface area contributed by atoms with Gasteiger partial charge in [0.05, 0.1) is 7.11 Å². The molecule has 1 heterocycles. The van der Waals surface area contributed by atoms with Crippen LogP contribution in [-0.2, 0) is 16.0 Å². The number of amides is 1. The largest absolute Gasteiger partial charge is 0.514 e. The fraction of sp³-hybridized carbons (Fsp3) is 0.333. The van der Waals surface area contributed by atoms with E-state index in [2.05, 4.69) is 6.58 Å².